The molecule has 0 radical (unpaired) electrons. The van der Waals surface area contributed by atoms with Gasteiger partial charge in [0.1, 0.15) is 6.54 Å². The van der Waals surface area contributed by atoms with E-state index in [-0.39, 0.29) is 25.0 Å². The smallest absolute Gasteiger partial charge is 0.317 e. The van der Waals surface area contributed by atoms with Crippen LogP contribution >= 0.6 is 0 Å². The number of halogens is 3. The van der Waals surface area contributed by atoms with Crippen molar-refractivity contribution < 1.29 is 21.6 Å². The molecule has 1 rings (SSSR count). The van der Waals surface area contributed by atoms with Crippen LogP contribution in [0.5, 0.6) is 0 Å². The molecule has 5 nitrogen and oxygen atoms in total. The molecule has 2 N–H and O–H groups in total. The van der Waals surface area contributed by atoms with Crippen molar-refractivity contribution in [2.45, 2.75) is 32.0 Å². The van der Waals surface area contributed by atoms with Crippen LogP contribution in [0, 0.1) is 5.92 Å². The van der Waals surface area contributed by atoms with Gasteiger partial charge in [-0.2, -0.15) is 30.6 Å². The fourth-order valence-corrected chi connectivity index (χ4v) is 3.54. The number of hydrogen-bond donors (Lipinski definition) is 2. The molecule has 1 saturated heterocycles. The fraction of sp³-hybridized carbons (Fsp3) is 1.00. The Bertz CT molecular complexity index is 386. The van der Waals surface area contributed by atoms with Gasteiger partial charge in [-0.25, -0.2) is 0 Å². The van der Waals surface area contributed by atoms with E-state index in [4.69, 9.17) is 0 Å². The molecular weight excluding hydrogens is 283 g/mol. The third kappa shape index (κ3) is 4.90. The summed E-state index contributed by atoms with van der Waals surface area (Å²) in [6.45, 7) is 0.886. The van der Waals surface area contributed by atoms with Crippen LogP contribution in [-0.4, -0.2) is 51.6 Å². The molecule has 0 aromatic rings. The zero-order valence-corrected chi connectivity index (χ0v) is 11.8. The van der Waals surface area contributed by atoms with Gasteiger partial charge in [0, 0.05) is 19.1 Å². The molecule has 9 heteroatoms. The van der Waals surface area contributed by atoms with Gasteiger partial charge in [-0.05, 0) is 19.4 Å². The predicted molar refractivity (Wildman–Crippen MR) is 65.8 cm³/mol. The van der Waals surface area contributed by atoms with E-state index < -0.39 is 22.9 Å². The van der Waals surface area contributed by atoms with Crippen molar-refractivity contribution in [3.8, 4) is 0 Å². The summed E-state index contributed by atoms with van der Waals surface area (Å²) in [4.78, 5) is 0. The third-order valence-electron chi connectivity index (χ3n) is 3.39. The summed E-state index contributed by atoms with van der Waals surface area (Å²) >= 11 is 0. The van der Waals surface area contributed by atoms with E-state index in [2.05, 4.69) is 5.32 Å². The Labute approximate surface area is 111 Å². The van der Waals surface area contributed by atoms with Gasteiger partial charge in [0.15, 0.2) is 0 Å². The topological polar surface area (TPSA) is 61.4 Å². The predicted octanol–water partition coefficient (Wildman–Crippen LogP) is 0.703. The minimum atomic E-state index is -4.54. The largest absolute Gasteiger partial charge is 0.402 e. The highest BCUT2D eigenvalue weighted by Gasteiger charge is 2.36. The second-order valence-electron chi connectivity index (χ2n) is 4.65. The first-order valence-corrected chi connectivity index (χ1v) is 7.62. The van der Waals surface area contributed by atoms with Crippen molar-refractivity contribution in [2.75, 3.05) is 26.7 Å². The van der Waals surface area contributed by atoms with Gasteiger partial charge < -0.3 is 5.32 Å². The summed E-state index contributed by atoms with van der Waals surface area (Å²) in [6.07, 6.45) is -3.17. The lowest BCUT2D eigenvalue weighted by Gasteiger charge is -2.37. The van der Waals surface area contributed by atoms with E-state index >= 15 is 0 Å². The number of rotatable bonds is 5. The van der Waals surface area contributed by atoms with Gasteiger partial charge in [0.05, 0.1) is 0 Å². The number of nitrogens with zero attached hydrogens (tertiary/aromatic N) is 1. The number of alkyl halides is 3. The van der Waals surface area contributed by atoms with Crippen molar-refractivity contribution in [1.29, 1.82) is 0 Å². The summed E-state index contributed by atoms with van der Waals surface area (Å²) in [5.74, 6) is 0.112. The zero-order valence-electron chi connectivity index (χ0n) is 11.0. The summed E-state index contributed by atoms with van der Waals surface area (Å²) in [5, 5.41) is 3.11. The molecule has 0 bridgehead atoms. The van der Waals surface area contributed by atoms with E-state index in [1.165, 1.54) is 0 Å². The Morgan fingerprint density at radius 2 is 2.00 bits per heavy atom. The Morgan fingerprint density at radius 3 is 2.47 bits per heavy atom. The lowest BCUT2D eigenvalue weighted by Crippen LogP contribution is -2.53. The standard InChI is InChI=1S/C10H20F3N3O2S/c1-3-8-6-16(5-4-9(8)14-2)19(17,18)15-7-10(11,12)13/h8-9,14-15H,3-7H2,1-2H3. The summed E-state index contributed by atoms with van der Waals surface area (Å²) in [5.41, 5.74) is 0. The minimum Gasteiger partial charge on any atom is -0.317 e. The van der Waals surface area contributed by atoms with Crippen molar-refractivity contribution >= 4 is 10.2 Å². The van der Waals surface area contributed by atoms with E-state index in [1.807, 2.05) is 6.92 Å². The molecule has 1 aliphatic rings. The molecule has 0 aromatic heterocycles. The first-order valence-electron chi connectivity index (χ1n) is 6.18. The highest BCUT2D eigenvalue weighted by molar-refractivity contribution is 7.87. The normalized spacial score (nSPS) is 26.6. The van der Waals surface area contributed by atoms with Gasteiger partial charge >= 0.3 is 6.18 Å². The molecule has 1 heterocycles. The second-order valence-corrected chi connectivity index (χ2v) is 6.41. The summed E-state index contributed by atoms with van der Waals surface area (Å²) < 4.78 is 62.4. The summed E-state index contributed by atoms with van der Waals surface area (Å²) in [7, 11) is -2.25. The molecule has 2 atom stereocenters. The fourth-order valence-electron chi connectivity index (χ4n) is 2.28. The van der Waals surface area contributed by atoms with Crippen molar-refractivity contribution in [3.63, 3.8) is 0 Å². The van der Waals surface area contributed by atoms with Crippen molar-refractivity contribution in [2.24, 2.45) is 5.92 Å². The van der Waals surface area contributed by atoms with Crippen molar-refractivity contribution in [1.82, 2.24) is 14.3 Å². The number of nitrogens with one attached hydrogen (secondary N) is 2. The molecule has 2 unspecified atom stereocenters. The maximum Gasteiger partial charge on any atom is 0.402 e. The SMILES string of the molecule is CCC1CN(S(=O)(=O)NCC(F)(F)F)CCC1NC. The highest BCUT2D eigenvalue weighted by atomic mass is 32.2. The van der Waals surface area contributed by atoms with Gasteiger partial charge in [-0.3, -0.25) is 0 Å². The first kappa shape index (κ1) is 16.7. The van der Waals surface area contributed by atoms with Crippen LogP contribution in [0.25, 0.3) is 0 Å². The average molecular weight is 303 g/mol. The molecule has 0 amide bonds. The van der Waals surface area contributed by atoms with E-state index in [9.17, 15) is 21.6 Å². The van der Waals surface area contributed by atoms with Gasteiger partial charge in [-0.15, -0.1) is 0 Å². The minimum absolute atomic E-state index is 0.112. The monoisotopic (exact) mass is 303 g/mol. The van der Waals surface area contributed by atoms with Crippen LogP contribution in [0.1, 0.15) is 19.8 Å². The Hall–Kier alpha value is -0.380. The molecule has 1 aliphatic heterocycles. The van der Waals surface area contributed by atoms with Crippen LogP contribution in [0.15, 0.2) is 0 Å². The average Bonchev–Trinajstić information content (AvgIpc) is 2.35. The van der Waals surface area contributed by atoms with Gasteiger partial charge in [0.25, 0.3) is 10.2 Å². The molecule has 1 fully saturated rings. The second kappa shape index (κ2) is 6.38. The van der Waals surface area contributed by atoms with Gasteiger partial charge in [0.2, 0.25) is 0 Å². The zero-order chi connectivity index (χ0) is 14.7. The Kier molecular flexibility index (Phi) is 5.60. The van der Waals surface area contributed by atoms with Crippen LogP contribution in [0.2, 0.25) is 0 Å². The quantitative estimate of drug-likeness (QED) is 0.786. The Morgan fingerprint density at radius 1 is 1.37 bits per heavy atom. The molecule has 19 heavy (non-hydrogen) atoms. The third-order valence-corrected chi connectivity index (χ3v) is 4.91. The summed E-state index contributed by atoms with van der Waals surface area (Å²) in [6, 6.07) is 0.207. The lowest BCUT2D eigenvalue weighted by molar-refractivity contribution is -0.121. The van der Waals surface area contributed by atoms with E-state index in [0.717, 1.165) is 10.7 Å². The van der Waals surface area contributed by atoms with Gasteiger partial charge in [-0.1, -0.05) is 13.3 Å². The number of piperidine rings is 1. The van der Waals surface area contributed by atoms with Crippen LogP contribution in [-0.2, 0) is 10.2 Å². The maximum atomic E-state index is 12.1. The van der Waals surface area contributed by atoms with Crippen LogP contribution in [0.3, 0.4) is 0 Å². The lowest BCUT2D eigenvalue weighted by atomic mass is 9.91. The van der Waals surface area contributed by atoms with E-state index in [1.54, 1.807) is 11.8 Å². The molecule has 0 aromatic carbocycles. The molecule has 0 spiro atoms. The van der Waals surface area contributed by atoms with E-state index in [0.29, 0.717) is 6.42 Å². The molecule has 0 aliphatic carbocycles. The molecule has 114 valence electrons. The van der Waals surface area contributed by atoms with Crippen molar-refractivity contribution in [3.05, 3.63) is 0 Å². The molecule has 0 saturated carbocycles. The Balaban J connectivity index is 2.65. The first-order chi connectivity index (χ1) is 8.69. The number of hydrogen-bond acceptors (Lipinski definition) is 3. The van der Waals surface area contributed by atoms with Crippen LogP contribution < -0.4 is 10.0 Å². The highest BCUT2D eigenvalue weighted by Crippen LogP contribution is 2.22. The van der Waals surface area contributed by atoms with Crippen LogP contribution in [0.4, 0.5) is 13.2 Å². The maximum absolute atomic E-state index is 12.1. The molecular formula is C10H20F3N3O2S.